The Kier molecular flexibility index (Phi) is 13.3. The highest BCUT2D eigenvalue weighted by Gasteiger charge is 2.30. The molecule has 2 amide bonds. The summed E-state index contributed by atoms with van der Waals surface area (Å²) in [5.74, 6) is -0.116. The van der Waals surface area contributed by atoms with Gasteiger partial charge in [0.15, 0.2) is 6.61 Å². The number of hydrogen-bond donors (Lipinski definition) is 2. The van der Waals surface area contributed by atoms with Gasteiger partial charge in [0.2, 0.25) is 0 Å². The summed E-state index contributed by atoms with van der Waals surface area (Å²) in [6.45, 7) is 3.54. The summed E-state index contributed by atoms with van der Waals surface area (Å²) in [5.41, 5.74) is 3.71. The number of nitrogens with one attached hydrogen (secondary N) is 2. The number of carbonyl (C=O) groups is 3. The summed E-state index contributed by atoms with van der Waals surface area (Å²) in [6.07, 6.45) is 0.299. The van der Waals surface area contributed by atoms with Crippen LogP contribution in [0.3, 0.4) is 0 Å². The molecule has 2 heterocycles. The summed E-state index contributed by atoms with van der Waals surface area (Å²) in [7, 11) is 0. The van der Waals surface area contributed by atoms with Crippen molar-refractivity contribution in [3.05, 3.63) is 137 Å². The van der Waals surface area contributed by atoms with Gasteiger partial charge in [-0.3, -0.25) is 14.6 Å². The SMILES string of the molecule is CCOC(=O)COc1cccc(SCc2cccc(C(=O)Nc3ccc(N4CCCCC4)cc3-c3cc(C(=O)NCc4cccc(C(F)(F)F)c4)ccn3)c2)c1. The van der Waals surface area contributed by atoms with Gasteiger partial charge in [-0.1, -0.05) is 30.3 Å². The van der Waals surface area contributed by atoms with E-state index in [4.69, 9.17) is 9.47 Å². The van der Waals surface area contributed by atoms with Crippen LogP contribution in [0.25, 0.3) is 11.3 Å². The lowest BCUT2D eigenvalue weighted by atomic mass is 10.0. The predicted molar refractivity (Wildman–Crippen MR) is 211 cm³/mol. The van der Waals surface area contributed by atoms with Gasteiger partial charge in [-0.2, -0.15) is 13.2 Å². The zero-order valence-corrected chi connectivity index (χ0v) is 31.6. The molecular weight excluding hydrogens is 742 g/mol. The lowest BCUT2D eigenvalue weighted by Gasteiger charge is -2.29. The van der Waals surface area contributed by atoms with Crippen molar-refractivity contribution in [3.63, 3.8) is 0 Å². The number of pyridine rings is 1. The molecule has 0 saturated carbocycles. The largest absolute Gasteiger partial charge is 0.482 e. The minimum absolute atomic E-state index is 0.0956. The maximum absolute atomic E-state index is 13.8. The van der Waals surface area contributed by atoms with Crippen molar-refractivity contribution < 1.29 is 37.0 Å². The Bertz CT molecular complexity index is 2170. The number of ether oxygens (including phenoxy) is 2. The fourth-order valence-corrected chi connectivity index (χ4v) is 7.11. The Morgan fingerprint density at radius 2 is 1.59 bits per heavy atom. The van der Waals surface area contributed by atoms with E-state index in [0.29, 0.717) is 39.6 Å². The number of hydrogen-bond acceptors (Lipinski definition) is 8. The second-order valence-electron chi connectivity index (χ2n) is 13.1. The zero-order valence-electron chi connectivity index (χ0n) is 30.7. The van der Waals surface area contributed by atoms with E-state index in [-0.39, 0.29) is 31.2 Å². The van der Waals surface area contributed by atoms with Gasteiger partial charge in [0.25, 0.3) is 11.8 Å². The average Bonchev–Trinajstić information content (AvgIpc) is 3.22. The number of alkyl halides is 3. The molecule has 2 N–H and O–H groups in total. The number of benzene rings is 4. The van der Waals surface area contributed by atoms with Gasteiger partial charge >= 0.3 is 12.1 Å². The zero-order chi connectivity index (χ0) is 39.5. The van der Waals surface area contributed by atoms with Crippen LogP contribution >= 0.6 is 11.8 Å². The molecule has 0 atom stereocenters. The molecule has 6 rings (SSSR count). The molecule has 0 spiro atoms. The van der Waals surface area contributed by atoms with Gasteiger partial charge in [0.1, 0.15) is 5.75 Å². The van der Waals surface area contributed by atoms with E-state index in [1.54, 1.807) is 36.9 Å². The van der Waals surface area contributed by atoms with Crippen LogP contribution in [-0.2, 0) is 28.0 Å². The van der Waals surface area contributed by atoms with Gasteiger partial charge in [0, 0.05) is 58.9 Å². The minimum Gasteiger partial charge on any atom is -0.482 e. The Morgan fingerprint density at radius 3 is 2.39 bits per heavy atom. The van der Waals surface area contributed by atoms with Crippen molar-refractivity contribution in [2.45, 2.75) is 49.6 Å². The molecule has 290 valence electrons. The lowest BCUT2D eigenvalue weighted by molar-refractivity contribution is -0.145. The molecule has 1 aliphatic rings. The minimum atomic E-state index is -4.49. The average molecular weight is 783 g/mol. The van der Waals surface area contributed by atoms with Crippen LogP contribution in [0.2, 0.25) is 0 Å². The highest BCUT2D eigenvalue weighted by Crippen LogP contribution is 2.34. The van der Waals surface area contributed by atoms with Crippen LogP contribution in [-0.4, -0.2) is 49.1 Å². The number of anilines is 2. The fraction of sp³-hybridized carbons (Fsp3) is 0.256. The standard InChI is InChI=1S/C43H41F3N4O5S/c1-2-54-40(51)27-55-35-13-8-14-36(25-35)56-28-30-10-6-11-31(21-30)42(53)49-38-16-15-34(50-19-4-3-5-20-50)24-37(38)39-23-32(17-18-47-39)41(52)48-26-29-9-7-12-33(22-29)43(44,45)46/h6-18,21-25H,2-5,19-20,26-28H2,1H3,(H,48,52)(H,49,53). The summed E-state index contributed by atoms with van der Waals surface area (Å²) in [5, 5.41) is 5.77. The predicted octanol–water partition coefficient (Wildman–Crippen LogP) is 9.17. The molecule has 9 nitrogen and oxygen atoms in total. The number of piperidine rings is 1. The van der Waals surface area contributed by atoms with Gasteiger partial charge in [-0.25, -0.2) is 4.79 Å². The van der Waals surface area contributed by atoms with Crippen molar-refractivity contribution in [1.29, 1.82) is 0 Å². The van der Waals surface area contributed by atoms with Crippen LogP contribution in [0.1, 0.15) is 63.6 Å². The Balaban J connectivity index is 1.18. The second kappa shape index (κ2) is 18.7. The quantitative estimate of drug-likeness (QED) is 0.0848. The van der Waals surface area contributed by atoms with Crippen LogP contribution < -0.4 is 20.3 Å². The van der Waals surface area contributed by atoms with E-state index in [1.807, 2.05) is 54.6 Å². The fourth-order valence-electron chi connectivity index (χ4n) is 6.23. The van der Waals surface area contributed by atoms with Crippen LogP contribution in [0.15, 0.2) is 114 Å². The number of halogens is 3. The molecule has 0 bridgehead atoms. The number of rotatable bonds is 14. The molecule has 1 fully saturated rings. The summed E-state index contributed by atoms with van der Waals surface area (Å²) >= 11 is 1.56. The number of thioether (sulfide) groups is 1. The van der Waals surface area contributed by atoms with E-state index in [0.717, 1.165) is 60.6 Å². The first-order valence-corrected chi connectivity index (χ1v) is 19.3. The van der Waals surface area contributed by atoms with E-state index in [1.165, 1.54) is 24.4 Å². The molecule has 13 heteroatoms. The monoisotopic (exact) mass is 782 g/mol. The Hall–Kier alpha value is -5.82. The molecule has 1 aromatic heterocycles. The third kappa shape index (κ3) is 10.9. The maximum Gasteiger partial charge on any atom is 0.416 e. The molecule has 0 aliphatic carbocycles. The number of esters is 1. The molecule has 0 unspecified atom stereocenters. The van der Waals surface area contributed by atoms with Crippen LogP contribution in [0.5, 0.6) is 5.75 Å². The molecule has 56 heavy (non-hydrogen) atoms. The number of carbonyl (C=O) groups excluding carboxylic acids is 3. The third-order valence-corrected chi connectivity index (χ3v) is 10.1. The molecule has 1 saturated heterocycles. The first-order chi connectivity index (χ1) is 27.1. The van der Waals surface area contributed by atoms with E-state index in [9.17, 15) is 27.6 Å². The molecular formula is C43H41F3N4O5S. The maximum atomic E-state index is 13.8. The van der Waals surface area contributed by atoms with Crippen molar-refractivity contribution in [2.75, 3.05) is 36.5 Å². The van der Waals surface area contributed by atoms with E-state index >= 15 is 0 Å². The molecule has 1 aliphatic heterocycles. The Labute approximate surface area is 327 Å². The number of amides is 2. The molecule has 4 aromatic carbocycles. The summed E-state index contributed by atoms with van der Waals surface area (Å²) < 4.78 is 50.2. The number of aromatic nitrogens is 1. The third-order valence-electron chi connectivity index (χ3n) is 9.04. The summed E-state index contributed by atoms with van der Waals surface area (Å²) in [6, 6.07) is 28.5. The van der Waals surface area contributed by atoms with Crippen LogP contribution in [0, 0.1) is 0 Å². The normalized spacial score (nSPS) is 12.8. The highest BCUT2D eigenvalue weighted by atomic mass is 32.2. The van der Waals surface area contributed by atoms with Crippen LogP contribution in [0.4, 0.5) is 24.5 Å². The second-order valence-corrected chi connectivity index (χ2v) is 14.1. The number of nitrogens with zero attached hydrogens (tertiary/aromatic N) is 2. The topological polar surface area (TPSA) is 110 Å². The van der Waals surface area contributed by atoms with Gasteiger partial charge < -0.3 is 25.0 Å². The van der Waals surface area contributed by atoms with Crippen molar-refractivity contribution in [2.24, 2.45) is 0 Å². The van der Waals surface area contributed by atoms with Gasteiger partial charge in [-0.15, -0.1) is 11.8 Å². The van der Waals surface area contributed by atoms with Crippen molar-refractivity contribution >= 4 is 40.9 Å². The highest BCUT2D eigenvalue weighted by molar-refractivity contribution is 7.98. The van der Waals surface area contributed by atoms with E-state index in [2.05, 4.69) is 20.5 Å². The molecule has 5 aromatic rings. The molecule has 0 radical (unpaired) electrons. The lowest BCUT2D eigenvalue weighted by Crippen LogP contribution is -2.29. The van der Waals surface area contributed by atoms with E-state index < -0.39 is 23.6 Å². The Morgan fingerprint density at radius 1 is 0.821 bits per heavy atom. The first kappa shape index (κ1) is 39.9. The first-order valence-electron chi connectivity index (χ1n) is 18.3. The van der Waals surface area contributed by atoms with Crippen molar-refractivity contribution in [3.8, 4) is 17.0 Å². The summed E-state index contributed by atoms with van der Waals surface area (Å²) in [4.78, 5) is 46.5. The smallest absolute Gasteiger partial charge is 0.416 e. The van der Waals surface area contributed by atoms with Crippen molar-refractivity contribution in [1.82, 2.24) is 10.3 Å². The van der Waals surface area contributed by atoms with Gasteiger partial charge in [0.05, 0.1) is 23.6 Å². The van der Waals surface area contributed by atoms with Gasteiger partial charge in [-0.05, 0) is 110 Å².